The van der Waals surface area contributed by atoms with Crippen molar-refractivity contribution in [2.24, 2.45) is 0 Å². The molecule has 0 saturated carbocycles. The normalized spacial score (nSPS) is 10.6. The first-order valence-corrected chi connectivity index (χ1v) is 5.34. The standard InChI is InChI=1S/C11H8F2N2O2S/c12-10(13)17-8-3-1-7(2-4-8)15-6-5-9(16)14-11(15)18/h1-6,10H,(H,14,16,18). The molecule has 0 saturated heterocycles. The molecular weight excluding hydrogens is 262 g/mol. The lowest BCUT2D eigenvalue weighted by molar-refractivity contribution is -0.0498. The Kier molecular flexibility index (Phi) is 3.52. The largest absolute Gasteiger partial charge is 0.435 e. The molecule has 0 aliphatic rings. The Labute approximate surface area is 105 Å². The van der Waals surface area contributed by atoms with Crippen molar-refractivity contribution in [1.29, 1.82) is 0 Å². The summed E-state index contributed by atoms with van der Waals surface area (Å²) in [5.41, 5.74) is 0.340. The van der Waals surface area contributed by atoms with E-state index in [1.807, 2.05) is 0 Å². The van der Waals surface area contributed by atoms with Gasteiger partial charge < -0.3 is 4.74 Å². The second-order valence-corrected chi connectivity index (χ2v) is 3.74. The van der Waals surface area contributed by atoms with Crippen LogP contribution in [-0.2, 0) is 0 Å². The highest BCUT2D eigenvalue weighted by molar-refractivity contribution is 7.71. The van der Waals surface area contributed by atoms with Crippen LogP contribution in [0.3, 0.4) is 0 Å². The Morgan fingerprint density at radius 2 is 1.89 bits per heavy atom. The highest BCUT2D eigenvalue weighted by Gasteiger charge is 2.04. The van der Waals surface area contributed by atoms with Crippen LogP contribution in [0.15, 0.2) is 41.3 Å². The summed E-state index contributed by atoms with van der Waals surface area (Å²) in [6.07, 6.45) is 1.50. The van der Waals surface area contributed by atoms with E-state index in [4.69, 9.17) is 12.2 Å². The Morgan fingerprint density at radius 3 is 2.44 bits per heavy atom. The monoisotopic (exact) mass is 270 g/mol. The van der Waals surface area contributed by atoms with Gasteiger partial charge in [-0.1, -0.05) is 0 Å². The number of hydrogen-bond donors (Lipinski definition) is 1. The van der Waals surface area contributed by atoms with E-state index in [2.05, 4.69) is 9.72 Å². The van der Waals surface area contributed by atoms with E-state index < -0.39 is 6.61 Å². The average molecular weight is 270 g/mol. The highest BCUT2D eigenvalue weighted by Crippen LogP contribution is 2.17. The number of nitrogens with zero attached hydrogens (tertiary/aromatic N) is 1. The number of alkyl halides is 2. The average Bonchev–Trinajstić information content (AvgIpc) is 2.30. The van der Waals surface area contributed by atoms with E-state index in [0.29, 0.717) is 5.69 Å². The van der Waals surface area contributed by atoms with Gasteiger partial charge in [0.1, 0.15) is 5.75 Å². The molecule has 0 atom stereocenters. The number of aromatic nitrogens is 2. The number of ether oxygens (including phenoxy) is 1. The van der Waals surface area contributed by atoms with E-state index in [9.17, 15) is 13.6 Å². The van der Waals surface area contributed by atoms with Crippen LogP contribution >= 0.6 is 12.2 Å². The highest BCUT2D eigenvalue weighted by atomic mass is 32.1. The molecule has 0 aliphatic carbocycles. The molecule has 4 nitrogen and oxygen atoms in total. The number of H-pyrrole nitrogens is 1. The van der Waals surface area contributed by atoms with Crippen molar-refractivity contribution >= 4 is 12.2 Å². The molecular formula is C11H8F2N2O2S. The fourth-order valence-electron chi connectivity index (χ4n) is 1.41. The Morgan fingerprint density at radius 1 is 1.22 bits per heavy atom. The third kappa shape index (κ3) is 2.80. The summed E-state index contributed by atoms with van der Waals surface area (Å²) in [5.74, 6) is 0.0599. The molecule has 1 aromatic heterocycles. The minimum Gasteiger partial charge on any atom is -0.435 e. The number of aromatic amines is 1. The van der Waals surface area contributed by atoms with Gasteiger partial charge in [0.05, 0.1) is 0 Å². The van der Waals surface area contributed by atoms with Crippen molar-refractivity contribution in [2.75, 3.05) is 0 Å². The molecule has 0 bridgehead atoms. The number of hydrogen-bond acceptors (Lipinski definition) is 3. The van der Waals surface area contributed by atoms with E-state index >= 15 is 0 Å². The second kappa shape index (κ2) is 5.09. The molecule has 0 amide bonds. The van der Waals surface area contributed by atoms with Crippen LogP contribution in [0.1, 0.15) is 0 Å². The molecule has 1 heterocycles. The van der Waals surface area contributed by atoms with Crippen molar-refractivity contribution < 1.29 is 13.5 Å². The molecule has 7 heteroatoms. The van der Waals surface area contributed by atoms with Gasteiger partial charge in [-0.15, -0.1) is 0 Å². The Balaban J connectivity index is 2.34. The van der Waals surface area contributed by atoms with Crippen LogP contribution in [0.25, 0.3) is 5.69 Å². The molecule has 2 aromatic rings. The summed E-state index contributed by atoms with van der Waals surface area (Å²) < 4.78 is 29.9. The zero-order valence-electron chi connectivity index (χ0n) is 8.97. The van der Waals surface area contributed by atoms with Gasteiger partial charge in [-0.2, -0.15) is 8.78 Å². The van der Waals surface area contributed by atoms with Gasteiger partial charge in [0.25, 0.3) is 5.56 Å². The first kappa shape index (κ1) is 12.4. The first-order chi connectivity index (χ1) is 8.56. The van der Waals surface area contributed by atoms with Crippen molar-refractivity contribution in [2.45, 2.75) is 6.61 Å². The zero-order valence-corrected chi connectivity index (χ0v) is 9.79. The smallest absolute Gasteiger partial charge is 0.387 e. The quantitative estimate of drug-likeness (QED) is 0.872. The maximum absolute atomic E-state index is 12.0. The van der Waals surface area contributed by atoms with Crippen LogP contribution in [0, 0.1) is 4.77 Å². The minimum absolute atomic E-state index is 0.0599. The van der Waals surface area contributed by atoms with Gasteiger partial charge in [0, 0.05) is 18.0 Å². The summed E-state index contributed by atoms with van der Waals surface area (Å²) >= 11 is 4.98. The fourth-order valence-corrected chi connectivity index (χ4v) is 1.68. The van der Waals surface area contributed by atoms with Crippen LogP contribution in [-0.4, -0.2) is 16.2 Å². The Hall–Kier alpha value is -2.02. The van der Waals surface area contributed by atoms with E-state index in [0.717, 1.165) is 0 Å². The summed E-state index contributed by atoms with van der Waals surface area (Å²) in [6, 6.07) is 7.24. The number of nitrogens with one attached hydrogen (secondary N) is 1. The maximum atomic E-state index is 12.0. The lowest BCUT2D eigenvalue weighted by Crippen LogP contribution is -2.09. The topological polar surface area (TPSA) is 47.0 Å². The van der Waals surface area contributed by atoms with Gasteiger partial charge in [0.2, 0.25) is 0 Å². The fraction of sp³-hybridized carbons (Fsp3) is 0.0909. The van der Waals surface area contributed by atoms with E-state index in [1.165, 1.54) is 24.4 Å². The summed E-state index contributed by atoms with van der Waals surface area (Å²) in [7, 11) is 0. The lowest BCUT2D eigenvalue weighted by Gasteiger charge is -2.08. The maximum Gasteiger partial charge on any atom is 0.387 e. The number of benzene rings is 1. The van der Waals surface area contributed by atoms with Crippen LogP contribution in [0.4, 0.5) is 8.78 Å². The predicted octanol–water partition coefficient (Wildman–Crippen LogP) is 2.50. The lowest BCUT2D eigenvalue weighted by atomic mass is 10.3. The molecule has 0 unspecified atom stereocenters. The molecule has 0 fully saturated rings. The molecule has 2 rings (SSSR count). The van der Waals surface area contributed by atoms with Gasteiger partial charge in [-0.25, -0.2) is 0 Å². The van der Waals surface area contributed by atoms with Crippen LogP contribution < -0.4 is 10.3 Å². The summed E-state index contributed by atoms with van der Waals surface area (Å²) in [4.78, 5) is 13.5. The van der Waals surface area contributed by atoms with E-state index in [1.54, 1.807) is 16.7 Å². The molecule has 0 aliphatic heterocycles. The second-order valence-electron chi connectivity index (χ2n) is 3.35. The molecule has 0 radical (unpaired) electrons. The molecule has 1 N–H and O–H groups in total. The predicted molar refractivity (Wildman–Crippen MR) is 63.9 cm³/mol. The number of rotatable bonds is 3. The van der Waals surface area contributed by atoms with E-state index in [-0.39, 0.29) is 16.1 Å². The van der Waals surface area contributed by atoms with Crippen LogP contribution in [0.2, 0.25) is 0 Å². The Bertz CT molecular complexity index is 649. The van der Waals surface area contributed by atoms with Gasteiger partial charge in [-0.3, -0.25) is 14.3 Å². The number of halogens is 2. The SMILES string of the molecule is O=c1ccn(-c2ccc(OC(F)F)cc2)c(=S)[nH]1. The molecule has 18 heavy (non-hydrogen) atoms. The molecule has 0 spiro atoms. The van der Waals surface area contributed by atoms with Gasteiger partial charge >= 0.3 is 6.61 Å². The molecule has 94 valence electrons. The van der Waals surface area contributed by atoms with Crippen molar-refractivity contribution in [1.82, 2.24) is 9.55 Å². The van der Waals surface area contributed by atoms with Gasteiger partial charge in [0.15, 0.2) is 4.77 Å². The minimum atomic E-state index is -2.86. The van der Waals surface area contributed by atoms with Crippen molar-refractivity contribution in [3.8, 4) is 11.4 Å². The van der Waals surface area contributed by atoms with Crippen molar-refractivity contribution in [3.63, 3.8) is 0 Å². The molecule has 1 aromatic carbocycles. The first-order valence-electron chi connectivity index (χ1n) is 4.93. The third-order valence-electron chi connectivity index (χ3n) is 2.16. The third-order valence-corrected chi connectivity index (χ3v) is 2.46. The summed E-state index contributed by atoms with van der Waals surface area (Å²) in [6.45, 7) is -2.86. The van der Waals surface area contributed by atoms with Crippen LogP contribution in [0.5, 0.6) is 5.75 Å². The zero-order chi connectivity index (χ0) is 13.1. The van der Waals surface area contributed by atoms with Crippen molar-refractivity contribution in [3.05, 3.63) is 51.7 Å². The van der Waals surface area contributed by atoms with Gasteiger partial charge in [-0.05, 0) is 36.5 Å². The summed E-state index contributed by atoms with van der Waals surface area (Å²) in [5, 5.41) is 0.